The van der Waals surface area contributed by atoms with Crippen LogP contribution in [0.5, 0.6) is 0 Å². The summed E-state index contributed by atoms with van der Waals surface area (Å²) in [5.74, 6) is -1.35. The third-order valence-electron chi connectivity index (χ3n) is 2.89. The molecule has 20 heavy (non-hydrogen) atoms. The van der Waals surface area contributed by atoms with Crippen molar-refractivity contribution in [2.24, 2.45) is 0 Å². The molecule has 1 aliphatic carbocycles. The van der Waals surface area contributed by atoms with Gasteiger partial charge in [0.1, 0.15) is 10.7 Å². The zero-order chi connectivity index (χ0) is 14.9. The zero-order valence-corrected chi connectivity index (χ0v) is 11.7. The molecular weight excluding hydrogens is 285 g/mol. The molecule has 0 spiro atoms. The van der Waals surface area contributed by atoms with E-state index >= 15 is 0 Å². The van der Waals surface area contributed by atoms with Crippen molar-refractivity contribution in [3.8, 4) is 0 Å². The number of nitrogen functional groups attached to an aromatic ring is 1. The standard InChI is InChI=1S/C12H16FN3O3S/c1-7(12(17)15-9-3-4-9)16-20(18,19)11-6-8(14)2-5-10(11)13/h2,5-7,9,16H,3-4,14H2,1H3,(H,15,17). The highest BCUT2D eigenvalue weighted by Gasteiger charge is 2.29. The summed E-state index contributed by atoms with van der Waals surface area (Å²) in [6, 6.07) is 2.39. The Morgan fingerprint density at radius 3 is 2.70 bits per heavy atom. The Labute approximate surface area is 116 Å². The Balaban J connectivity index is 2.13. The van der Waals surface area contributed by atoms with Crippen LogP contribution >= 0.6 is 0 Å². The molecule has 0 saturated heterocycles. The number of benzene rings is 1. The molecule has 0 aliphatic heterocycles. The van der Waals surface area contributed by atoms with E-state index in [-0.39, 0.29) is 11.7 Å². The van der Waals surface area contributed by atoms with Gasteiger partial charge >= 0.3 is 0 Å². The van der Waals surface area contributed by atoms with Crippen molar-refractivity contribution >= 4 is 21.6 Å². The molecule has 1 fully saturated rings. The molecule has 4 N–H and O–H groups in total. The van der Waals surface area contributed by atoms with Crippen LogP contribution in [0, 0.1) is 5.82 Å². The van der Waals surface area contributed by atoms with E-state index in [2.05, 4.69) is 10.0 Å². The van der Waals surface area contributed by atoms with Crippen molar-refractivity contribution < 1.29 is 17.6 Å². The van der Waals surface area contributed by atoms with Gasteiger partial charge in [0.2, 0.25) is 15.9 Å². The first-order chi connectivity index (χ1) is 9.29. The molecular formula is C12H16FN3O3S. The molecule has 0 aromatic heterocycles. The van der Waals surface area contributed by atoms with E-state index in [1.165, 1.54) is 13.0 Å². The van der Waals surface area contributed by atoms with Crippen LogP contribution < -0.4 is 15.8 Å². The van der Waals surface area contributed by atoms with Gasteiger partial charge in [-0.05, 0) is 38.0 Å². The predicted octanol–water partition coefficient (Wildman–Crippen LogP) is 0.353. The molecule has 2 rings (SSSR count). The van der Waals surface area contributed by atoms with Crippen LogP contribution in [0.25, 0.3) is 0 Å². The van der Waals surface area contributed by atoms with Crippen molar-refractivity contribution in [3.05, 3.63) is 24.0 Å². The smallest absolute Gasteiger partial charge is 0.244 e. The Bertz CT molecular complexity index is 629. The summed E-state index contributed by atoms with van der Waals surface area (Å²) in [6.45, 7) is 1.40. The Morgan fingerprint density at radius 1 is 1.45 bits per heavy atom. The van der Waals surface area contributed by atoms with E-state index in [0.29, 0.717) is 0 Å². The van der Waals surface area contributed by atoms with Crippen LogP contribution in [-0.4, -0.2) is 26.4 Å². The van der Waals surface area contributed by atoms with Gasteiger partial charge in [0, 0.05) is 11.7 Å². The number of hydrogen-bond donors (Lipinski definition) is 3. The third kappa shape index (κ3) is 3.45. The number of halogens is 1. The lowest BCUT2D eigenvalue weighted by Crippen LogP contribution is -2.45. The number of anilines is 1. The summed E-state index contributed by atoms with van der Waals surface area (Å²) in [5, 5.41) is 2.67. The van der Waals surface area contributed by atoms with Crippen molar-refractivity contribution in [2.75, 3.05) is 5.73 Å². The first kappa shape index (κ1) is 14.7. The monoisotopic (exact) mass is 301 g/mol. The molecule has 110 valence electrons. The molecule has 1 amide bonds. The number of carbonyl (C=O) groups excluding carboxylic acids is 1. The fourth-order valence-corrected chi connectivity index (χ4v) is 2.94. The Hall–Kier alpha value is -1.67. The van der Waals surface area contributed by atoms with Crippen LogP contribution in [0.1, 0.15) is 19.8 Å². The highest BCUT2D eigenvalue weighted by atomic mass is 32.2. The van der Waals surface area contributed by atoms with E-state index in [0.717, 1.165) is 25.0 Å². The topological polar surface area (TPSA) is 101 Å². The number of sulfonamides is 1. The first-order valence-electron chi connectivity index (χ1n) is 6.17. The van der Waals surface area contributed by atoms with Crippen LogP contribution in [0.2, 0.25) is 0 Å². The Morgan fingerprint density at radius 2 is 2.10 bits per heavy atom. The summed E-state index contributed by atoms with van der Waals surface area (Å²) in [6.07, 6.45) is 1.80. The number of nitrogens with two attached hydrogens (primary N) is 1. The Kier molecular flexibility index (Phi) is 3.96. The third-order valence-corrected chi connectivity index (χ3v) is 4.45. The molecule has 1 aliphatic rings. The minimum absolute atomic E-state index is 0.124. The van der Waals surface area contributed by atoms with Gasteiger partial charge in [0.15, 0.2) is 0 Å². The van der Waals surface area contributed by atoms with Gasteiger partial charge in [-0.15, -0.1) is 0 Å². The second-order valence-electron chi connectivity index (χ2n) is 4.82. The number of amides is 1. The molecule has 6 nitrogen and oxygen atoms in total. The fraction of sp³-hybridized carbons (Fsp3) is 0.417. The summed E-state index contributed by atoms with van der Waals surface area (Å²) >= 11 is 0. The molecule has 1 unspecified atom stereocenters. The first-order valence-corrected chi connectivity index (χ1v) is 7.65. The summed E-state index contributed by atoms with van der Waals surface area (Å²) in [5.41, 5.74) is 5.58. The van der Waals surface area contributed by atoms with Crippen LogP contribution in [0.4, 0.5) is 10.1 Å². The fourth-order valence-electron chi connectivity index (χ4n) is 1.63. The van der Waals surface area contributed by atoms with Crippen LogP contribution in [-0.2, 0) is 14.8 Å². The van der Waals surface area contributed by atoms with Crippen molar-refractivity contribution in [1.29, 1.82) is 0 Å². The highest BCUT2D eigenvalue weighted by Crippen LogP contribution is 2.20. The molecule has 1 saturated carbocycles. The zero-order valence-electron chi connectivity index (χ0n) is 10.9. The van der Waals surface area contributed by atoms with E-state index in [9.17, 15) is 17.6 Å². The second kappa shape index (κ2) is 5.37. The number of carbonyl (C=O) groups is 1. The number of nitrogens with one attached hydrogen (secondary N) is 2. The molecule has 8 heteroatoms. The normalized spacial score (nSPS) is 16.7. The van der Waals surface area contributed by atoms with Crippen molar-refractivity contribution in [1.82, 2.24) is 10.0 Å². The lowest BCUT2D eigenvalue weighted by molar-refractivity contribution is -0.122. The van der Waals surface area contributed by atoms with E-state index in [1.54, 1.807) is 0 Å². The van der Waals surface area contributed by atoms with Gasteiger partial charge < -0.3 is 11.1 Å². The van der Waals surface area contributed by atoms with Crippen molar-refractivity contribution in [2.45, 2.75) is 36.7 Å². The molecule has 1 aromatic carbocycles. The van der Waals surface area contributed by atoms with Gasteiger partial charge in [0.25, 0.3) is 0 Å². The largest absolute Gasteiger partial charge is 0.399 e. The summed E-state index contributed by atoms with van der Waals surface area (Å²) in [4.78, 5) is 11.1. The summed E-state index contributed by atoms with van der Waals surface area (Å²) < 4.78 is 39.8. The van der Waals surface area contributed by atoms with Crippen LogP contribution in [0.3, 0.4) is 0 Å². The van der Waals surface area contributed by atoms with E-state index < -0.39 is 32.7 Å². The average molecular weight is 301 g/mol. The molecule has 1 aromatic rings. The SMILES string of the molecule is CC(NS(=O)(=O)c1cc(N)ccc1F)C(=O)NC1CC1. The highest BCUT2D eigenvalue weighted by molar-refractivity contribution is 7.89. The van der Waals surface area contributed by atoms with Crippen LogP contribution in [0.15, 0.2) is 23.1 Å². The number of rotatable bonds is 5. The quantitative estimate of drug-likeness (QED) is 0.683. The number of hydrogen-bond acceptors (Lipinski definition) is 4. The lowest BCUT2D eigenvalue weighted by Gasteiger charge is -2.14. The van der Waals surface area contributed by atoms with Gasteiger partial charge in [0.05, 0.1) is 6.04 Å². The minimum atomic E-state index is -4.14. The molecule has 0 radical (unpaired) electrons. The molecule has 0 heterocycles. The van der Waals surface area contributed by atoms with Gasteiger partial charge in [-0.1, -0.05) is 0 Å². The minimum Gasteiger partial charge on any atom is -0.399 e. The molecule has 0 bridgehead atoms. The second-order valence-corrected chi connectivity index (χ2v) is 6.50. The maximum Gasteiger partial charge on any atom is 0.244 e. The lowest BCUT2D eigenvalue weighted by atomic mass is 10.3. The van der Waals surface area contributed by atoms with Crippen molar-refractivity contribution in [3.63, 3.8) is 0 Å². The summed E-state index contributed by atoms with van der Waals surface area (Å²) in [7, 11) is -4.14. The molecule has 1 atom stereocenters. The van der Waals surface area contributed by atoms with Gasteiger partial charge in [-0.25, -0.2) is 12.8 Å². The predicted molar refractivity (Wildman–Crippen MR) is 71.8 cm³/mol. The van der Waals surface area contributed by atoms with E-state index in [4.69, 9.17) is 5.73 Å². The van der Waals surface area contributed by atoms with E-state index in [1.807, 2.05) is 0 Å². The maximum atomic E-state index is 13.6. The van der Waals surface area contributed by atoms with Gasteiger partial charge in [-0.3, -0.25) is 4.79 Å². The average Bonchev–Trinajstić information content (AvgIpc) is 3.15. The van der Waals surface area contributed by atoms with Gasteiger partial charge in [-0.2, -0.15) is 4.72 Å². The maximum absolute atomic E-state index is 13.6.